The second-order valence-electron chi connectivity index (χ2n) is 4.24. The van der Waals surface area contributed by atoms with Gasteiger partial charge in [-0.1, -0.05) is 13.3 Å². The summed E-state index contributed by atoms with van der Waals surface area (Å²) in [7, 11) is 0. The molecule has 5 heteroatoms. The van der Waals surface area contributed by atoms with Crippen LogP contribution in [0.2, 0.25) is 0 Å². The number of carbonyl (C=O) groups is 2. The standard InChI is InChI=1S/C11H20N2O3/c1-2-8-3-5-12-9(7-8)11(16)13-6-4-10(14)15/h8-9,12H,2-7H2,1H3,(H,13,16)(H,14,15). The number of hydrogen-bond acceptors (Lipinski definition) is 3. The maximum atomic E-state index is 11.7. The lowest BCUT2D eigenvalue weighted by Gasteiger charge is -2.28. The Bertz CT molecular complexity index is 256. The Morgan fingerprint density at radius 2 is 2.25 bits per heavy atom. The van der Waals surface area contributed by atoms with Crippen LogP contribution in [0.1, 0.15) is 32.6 Å². The molecule has 5 nitrogen and oxygen atoms in total. The van der Waals surface area contributed by atoms with Crippen LogP contribution < -0.4 is 10.6 Å². The minimum atomic E-state index is -0.886. The molecule has 0 spiro atoms. The number of carbonyl (C=O) groups excluding carboxylic acids is 1. The van der Waals surface area contributed by atoms with Gasteiger partial charge in [-0.05, 0) is 25.3 Å². The fourth-order valence-corrected chi connectivity index (χ4v) is 1.98. The third kappa shape index (κ3) is 4.18. The van der Waals surface area contributed by atoms with Gasteiger partial charge in [0.15, 0.2) is 0 Å². The van der Waals surface area contributed by atoms with Crippen molar-refractivity contribution in [2.24, 2.45) is 5.92 Å². The monoisotopic (exact) mass is 228 g/mol. The zero-order chi connectivity index (χ0) is 12.0. The molecule has 0 aliphatic carbocycles. The van der Waals surface area contributed by atoms with Gasteiger partial charge in [0, 0.05) is 6.54 Å². The first-order valence-electron chi connectivity index (χ1n) is 5.86. The van der Waals surface area contributed by atoms with Gasteiger partial charge in [-0.3, -0.25) is 9.59 Å². The molecule has 0 bridgehead atoms. The van der Waals surface area contributed by atoms with Crippen molar-refractivity contribution >= 4 is 11.9 Å². The van der Waals surface area contributed by atoms with Gasteiger partial charge in [0.25, 0.3) is 0 Å². The van der Waals surface area contributed by atoms with Gasteiger partial charge in [0.2, 0.25) is 5.91 Å². The van der Waals surface area contributed by atoms with Gasteiger partial charge in [-0.15, -0.1) is 0 Å². The van der Waals surface area contributed by atoms with E-state index < -0.39 is 5.97 Å². The molecule has 1 aliphatic rings. The summed E-state index contributed by atoms with van der Waals surface area (Å²) < 4.78 is 0. The number of rotatable bonds is 5. The molecule has 16 heavy (non-hydrogen) atoms. The van der Waals surface area contributed by atoms with Gasteiger partial charge in [0.05, 0.1) is 12.5 Å². The molecular weight excluding hydrogens is 208 g/mol. The Balaban J connectivity index is 2.27. The summed E-state index contributed by atoms with van der Waals surface area (Å²) in [5, 5.41) is 14.3. The largest absolute Gasteiger partial charge is 0.481 e. The molecule has 0 aromatic rings. The van der Waals surface area contributed by atoms with Gasteiger partial charge in [-0.25, -0.2) is 0 Å². The molecule has 0 aromatic heterocycles. The van der Waals surface area contributed by atoms with E-state index in [0.29, 0.717) is 5.92 Å². The quantitative estimate of drug-likeness (QED) is 0.634. The third-order valence-corrected chi connectivity index (χ3v) is 3.04. The van der Waals surface area contributed by atoms with Crippen LogP contribution in [-0.4, -0.2) is 36.1 Å². The number of nitrogens with one attached hydrogen (secondary N) is 2. The summed E-state index contributed by atoms with van der Waals surface area (Å²) in [6.07, 6.45) is 3.06. The predicted octanol–water partition coefficient (Wildman–Crippen LogP) is 0.355. The highest BCUT2D eigenvalue weighted by Gasteiger charge is 2.25. The van der Waals surface area contributed by atoms with Crippen LogP contribution in [-0.2, 0) is 9.59 Å². The number of hydrogen-bond donors (Lipinski definition) is 3. The van der Waals surface area contributed by atoms with Crippen molar-refractivity contribution in [3.05, 3.63) is 0 Å². The fraction of sp³-hybridized carbons (Fsp3) is 0.818. The molecule has 2 atom stereocenters. The highest BCUT2D eigenvalue weighted by Crippen LogP contribution is 2.19. The molecule has 1 saturated heterocycles. The zero-order valence-electron chi connectivity index (χ0n) is 9.66. The van der Waals surface area contributed by atoms with Crippen LogP contribution in [0.5, 0.6) is 0 Å². The lowest BCUT2D eigenvalue weighted by molar-refractivity contribution is -0.137. The Morgan fingerprint density at radius 3 is 2.88 bits per heavy atom. The first kappa shape index (κ1) is 13.0. The van der Waals surface area contributed by atoms with Gasteiger partial charge >= 0.3 is 5.97 Å². The molecule has 0 radical (unpaired) electrons. The lowest BCUT2D eigenvalue weighted by atomic mass is 9.90. The second-order valence-corrected chi connectivity index (χ2v) is 4.24. The average molecular weight is 228 g/mol. The highest BCUT2D eigenvalue weighted by atomic mass is 16.4. The topological polar surface area (TPSA) is 78.4 Å². The number of carboxylic acid groups (broad SMARTS) is 1. The van der Waals surface area contributed by atoms with Crippen molar-refractivity contribution in [2.75, 3.05) is 13.1 Å². The first-order valence-corrected chi connectivity index (χ1v) is 5.86. The molecule has 0 saturated carbocycles. The SMILES string of the molecule is CCC1CCNC(C(=O)NCCC(=O)O)C1. The van der Waals surface area contributed by atoms with Crippen LogP contribution in [0.4, 0.5) is 0 Å². The van der Waals surface area contributed by atoms with Crippen molar-refractivity contribution < 1.29 is 14.7 Å². The Kier molecular flexibility index (Phi) is 5.25. The van der Waals surface area contributed by atoms with Crippen LogP contribution in [0.15, 0.2) is 0 Å². The minimum Gasteiger partial charge on any atom is -0.481 e. The van der Waals surface area contributed by atoms with E-state index in [4.69, 9.17) is 5.11 Å². The van der Waals surface area contributed by atoms with E-state index in [1.807, 2.05) is 0 Å². The molecule has 1 rings (SSSR count). The molecular formula is C11H20N2O3. The average Bonchev–Trinajstić information content (AvgIpc) is 2.28. The van der Waals surface area contributed by atoms with Crippen LogP contribution in [0, 0.1) is 5.92 Å². The van der Waals surface area contributed by atoms with E-state index in [1.54, 1.807) is 0 Å². The number of piperidine rings is 1. The summed E-state index contributed by atoms with van der Waals surface area (Å²) in [6, 6.07) is -0.146. The van der Waals surface area contributed by atoms with Crippen LogP contribution in [0.3, 0.4) is 0 Å². The van der Waals surface area contributed by atoms with Crippen LogP contribution in [0.25, 0.3) is 0 Å². The lowest BCUT2D eigenvalue weighted by Crippen LogP contribution is -2.49. The predicted molar refractivity (Wildman–Crippen MR) is 60.1 cm³/mol. The zero-order valence-corrected chi connectivity index (χ0v) is 9.66. The van der Waals surface area contributed by atoms with E-state index in [-0.39, 0.29) is 24.9 Å². The fourth-order valence-electron chi connectivity index (χ4n) is 1.98. The van der Waals surface area contributed by atoms with E-state index >= 15 is 0 Å². The van der Waals surface area contributed by atoms with Gasteiger partial charge < -0.3 is 15.7 Å². The van der Waals surface area contributed by atoms with Crippen molar-refractivity contribution in [3.63, 3.8) is 0 Å². The van der Waals surface area contributed by atoms with Crippen molar-refractivity contribution in [1.29, 1.82) is 0 Å². The smallest absolute Gasteiger partial charge is 0.305 e. The van der Waals surface area contributed by atoms with Gasteiger partial charge in [0.1, 0.15) is 0 Å². The molecule has 1 fully saturated rings. The van der Waals surface area contributed by atoms with E-state index in [9.17, 15) is 9.59 Å². The highest BCUT2D eigenvalue weighted by molar-refractivity contribution is 5.82. The Morgan fingerprint density at radius 1 is 1.50 bits per heavy atom. The van der Waals surface area contributed by atoms with E-state index in [0.717, 1.165) is 25.8 Å². The molecule has 1 amide bonds. The number of aliphatic carboxylic acids is 1. The van der Waals surface area contributed by atoms with Crippen molar-refractivity contribution in [1.82, 2.24) is 10.6 Å². The van der Waals surface area contributed by atoms with E-state index in [2.05, 4.69) is 17.6 Å². The number of carboxylic acids is 1. The molecule has 92 valence electrons. The normalized spacial score (nSPS) is 25.1. The Labute approximate surface area is 95.6 Å². The molecule has 3 N–H and O–H groups in total. The number of amides is 1. The van der Waals surface area contributed by atoms with Gasteiger partial charge in [-0.2, -0.15) is 0 Å². The van der Waals surface area contributed by atoms with Crippen LogP contribution >= 0.6 is 0 Å². The second kappa shape index (κ2) is 6.48. The minimum absolute atomic E-state index is 0.0182. The summed E-state index contributed by atoms with van der Waals surface area (Å²) >= 11 is 0. The summed E-state index contributed by atoms with van der Waals surface area (Å²) in [5.74, 6) is -0.348. The third-order valence-electron chi connectivity index (χ3n) is 3.04. The maximum absolute atomic E-state index is 11.7. The summed E-state index contributed by atoms with van der Waals surface area (Å²) in [5.41, 5.74) is 0. The molecule has 1 aliphatic heterocycles. The summed E-state index contributed by atoms with van der Waals surface area (Å²) in [4.78, 5) is 22.0. The molecule has 1 heterocycles. The van der Waals surface area contributed by atoms with Crippen molar-refractivity contribution in [3.8, 4) is 0 Å². The maximum Gasteiger partial charge on any atom is 0.305 e. The first-order chi connectivity index (χ1) is 7.63. The summed E-state index contributed by atoms with van der Waals surface area (Å²) in [6.45, 7) is 3.22. The Hall–Kier alpha value is -1.10. The van der Waals surface area contributed by atoms with Crippen molar-refractivity contribution in [2.45, 2.75) is 38.6 Å². The molecule has 0 aromatic carbocycles. The molecule has 2 unspecified atom stereocenters. The van der Waals surface area contributed by atoms with E-state index in [1.165, 1.54) is 0 Å².